The van der Waals surface area contributed by atoms with Crippen LogP contribution in [0.5, 0.6) is 0 Å². The first-order chi connectivity index (χ1) is 5.16. The molecule has 0 N–H and O–H groups in total. The molecule has 0 unspecified atom stereocenters. The van der Waals surface area contributed by atoms with Gasteiger partial charge in [0.05, 0.1) is 0 Å². The van der Waals surface area contributed by atoms with E-state index in [-0.39, 0.29) is 0 Å². The molecule has 0 saturated carbocycles. The average molecular weight is 152 g/mol. The maximum atomic E-state index is 10.1. The lowest BCUT2D eigenvalue weighted by Crippen LogP contribution is -1.78. The van der Waals surface area contributed by atoms with Crippen molar-refractivity contribution >= 4 is 5.94 Å². The molecule has 0 radical (unpaired) electrons. The Bertz CT molecular complexity index is 179. The van der Waals surface area contributed by atoms with Crippen LogP contribution in [0.25, 0.3) is 0 Å². The van der Waals surface area contributed by atoms with E-state index in [1.54, 1.807) is 0 Å². The number of unbranched alkanes of at least 4 members (excludes halogenated alkanes) is 1. The van der Waals surface area contributed by atoms with Crippen LogP contribution in [0.3, 0.4) is 0 Å². The van der Waals surface area contributed by atoms with E-state index in [2.05, 4.69) is 19.9 Å². The van der Waals surface area contributed by atoms with Gasteiger partial charge in [-0.3, -0.25) is 0 Å². The van der Waals surface area contributed by atoms with E-state index >= 15 is 0 Å². The van der Waals surface area contributed by atoms with E-state index in [4.69, 9.17) is 0 Å². The Morgan fingerprint density at radius 1 is 1.36 bits per heavy atom. The van der Waals surface area contributed by atoms with Gasteiger partial charge in [-0.25, -0.2) is 4.79 Å². The van der Waals surface area contributed by atoms with Gasteiger partial charge in [-0.15, -0.1) is 0 Å². The van der Waals surface area contributed by atoms with Crippen molar-refractivity contribution in [1.82, 2.24) is 0 Å². The number of hydrogen-bond donors (Lipinski definition) is 0. The Kier molecular flexibility index (Phi) is 5.50. The van der Waals surface area contributed by atoms with Crippen LogP contribution in [0.1, 0.15) is 40.0 Å². The second-order valence-electron chi connectivity index (χ2n) is 3.06. The lowest BCUT2D eigenvalue weighted by atomic mass is 10.1. The van der Waals surface area contributed by atoms with Gasteiger partial charge in [0.1, 0.15) is 5.94 Å². The largest absolute Gasteiger partial charge is 0.234 e. The summed E-state index contributed by atoms with van der Waals surface area (Å²) in [6.45, 7) is 6.00. The van der Waals surface area contributed by atoms with Crippen LogP contribution >= 0.6 is 0 Å². The van der Waals surface area contributed by atoms with Crippen LogP contribution in [0.2, 0.25) is 0 Å². The van der Waals surface area contributed by atoms with E-state index in [1.807, 2.05) is 12.9 Å². The Morgan fingerprint density at radius 2 is 2.00 bits per heavy atom. The summed E-state index contributed by atoms with van der Waals surface area (Å²) in [7, 11) is 0. The van der Waals surface area contributed by atoms with E-state index < -0.39 is 0 Å². The van der Waals surface area contributed by atoms with E-state index in [0.717, 1.165) is 24.8 Å². The van der Waals surface area contributed by atoms with Crippen molar-refractivity contribution in [3.8, 4) is 0 Å². The van der Waals surface area contributed by atoms with Crippen LogP contribution in [-0.2, 0) is 4.79 Å². The molecule has 1 heteroatoms. The summed E-state index contributed by atoms with van der Waals surface area (Å²) in [5.74, 6) is 1.90. The highest BCUT2D eigenvalue weighted by atomic mass is 16.1. The third kappa shape index (κ3) is 7.08. The van der Waals surface area contributed by atoms with Crippen molar-refractivity contribution < 1.29 is 4.79 Å². The molecule has 0 amide bonds. The normalized spacial score (nSPS) is 8.64. The van der Waals surface area contributed by atoms with Crippen molar-refractivity contribution in [2.45, 2.75) is 40.0 Å². The third-order valence-corrected chi connectivity index (χ3v) is 1.48. The molecule has 11 heavy (non-hydrogen) atoms. The first kappa shape index (κ1) is 10.2. The summed E-state index contributed by atoms with van der Waals surface area (Å²) in [4.78, 5) is 10.1. The molecule has 0 heterocycles. The van der Waals surface area contributed by atoms with Crippen molar-refractivity contribution in [3.05, 3.63) is 17.2 Å². The summed E-state index contributed by atoms with van der Waals surface area (Å²) in [6.07, 6.45) is 5.21. The Labute approximate surface area is 68.8 Å². The van der Waals surface area contributed by atoms with Gasteiger partial charge in [-0.1, -0.05) is 11.6 Å². The fourth-order valence-electron chi connectivity index (χ4n) is 0.809. The first-order valence-electron chi connectivity index (χ1n) is 4.00. The number of rotatable bonds is 4. The number of allylic oxidation sites excluding steroid dienone is 3. The monoisotopic (exact) mass is 152 g/mol. The minimum atomic E-state index is 0.826. The Hall–Kier alpha value is -0.810. The van der Waals surface area contributed by atoms with Gasteiger partial charge < -0.3 is 0 Å². The molecule has 0 aliphatic rings. The zero-order valence-electron chi connectivity index (χ0n) is 7.61. The Balaban J connectivity index is 3.44. The fourth-order valence-corrected chi connectivity index (χ4v) is 0.809. The molecular weight excluding hydrogens is 136 g/mol. The fraction of sp³-hybridized carbons (Fsp3) is 0.600. The van der Waals surface area contributed by atoms with E-state index in [1.165, 1.54) is 5.57 Å². The molecule has 0 aromatic rings. The molecule has 1 nitrogen and oxygen atoms in total. The van der Waals surface area contributed by atoms with E-state index in [9.17, 15) is 4.79 Å². The molecule has 0 rings (SSSR count). The van der Waals surface area contributed by atoms with Crippen LogP contribution in [0, 0.1) is 0 Å². The first-order valence-corrected chi connectivity index (χ1v) is 4.00. The minimum Gasteiger partial charge on any atom is -0.234 e. The van der Waals surface area contributed by atoms with Crippen LogP contribution in [-0.4, -0.2) is 5.94 Å². The van der Waals surface area contributed by atoms with Crippen LogP contribution < -0.4 is 0 Å². The van der Waals surface area contributed by atoms with Gasteiger partial charge >= 0.3 is 0 Å². The second-order valence-corrected chi connectivity index (χ2v) is 3.06. The predicted molar refractivity (Wildman–Crippen MR) is 48.2 cm³/mol. The lowest BCUT2D eigenvalue weighted by Gasteiger charge is -1.93. The number of carbonyl (C=O) groups excluding carboxylic acids is 1. The summed E-state index contributed by atoms with van der Waals surface area (Å²) in [6, 6.07) is 0. The predicted octanol–water partition coefficient (Wildman–Crippen LogP) is 2.90. The van der Waals surface area contributed by atoms with Gasteiger partial charge in [0.25, 0.3) is 0 Å². The van der Waals surface area contributed by atoms with Crippen molar-refractivity contribution in [2.75, 3.05) is 0 Å². The summed E-state index contributed by atoms with van der Waals surface area (Å²) >= 11 is 0. The van der Waals surface area contributed by atoms with Gasteiger partial charge in [0.15, 0.2) is 0 Å². The van der Waals surface area contributed by atoms with Gasteiger partial charge in [0.2, 0.25) is 0 Å². The standard InChI is InChI=1S/C10H16O/c1-9(2)6-4-5-7-10(3)8-11/h6H,4-5,7H2,1-3H3. The van der Waals surface area contributed by atoms with Crippen LogP contribution in [0.15, 0.2) is 17.2 Å². The molecule has 0 aromatic heterocycles. The smallest absolute Gasteiger partial charge is 0.123 e. The maximum absolute atomic E-state index is 10.1. The molecule has 0 fully saturated rings. The number of hydrogen-bond acceptors (Lipinski definition) is 1. The summed E-state index contributed by atoms with van der Waals surface area (Å²) < 4.78 is 0. The minimum absolute atomic E-state index is 0.826. The molecule has 0 saturated heterocycles. The van der Waals surface area contributed by atoms with Crippen molar-refractivity contribution in [1.29, 1.82) is 0 Å². The quantitative estimate of drug-likeness (QED) is 0.344. The highest BCUT2D eigenvalue weighted by Gasteiger charge is 1.88. The summed E-state index contributed by atoms with van der Waals surface area (Å²) in [5.41, 5.74) is 2.17. The molecule has 0 bridgehead atoms. The van der Waals surface area contributed by atoms with Gasteiger partial charge in [-0.05, 0) is 40.0 Å². The highest BCUT2D eigenvalue weighted by molar-refractivity contribution is 5.50. The van der Waals surface area contributed by atoms with Gasteiger partial charge in [0, 0.05) is 5.57 Å². The maximum Gasteiger partial charge on any atom is 0.123 e. The molecule has 62 valence electrons. The molecule has 0 spiro atoms. The second kappa shape index (κ2) is 5.94. The average Bonchev–Trinajstić information content (AvgIpc) is 1.97. The highest BCUT2D eigenvalue weighted by Crippen LogP contribution is 2.05. The van der Waals surface area contributed by atoms with Gasteiger partial charge in [-0.2, -0.15) is 0 Å². The van der Waals surface area contributed by atoms with Crippen LogP contribution in [0.4, 0.5) is 0 Å². The topological polar surface area (TPSA) is 17.1 Å². The zero-order chi connectivity index (χ0) is 8.69. The van der Waals surface area contributed by atoms with Crippen molar-refractivity contribution in [2.24, 2.45) is 0 Å². The molecular formula is C10H16O. The molecule has 0 aliphatic carbocycles. The molecule has 0 atom stereocenters. The third-order valence-electron chi connectivity index (χ3n) is 1.48. The van der Waals surface area contributed by atoms with E-state index in [0.29, 0.717) is 0 Å². The summed E-state index contributed by atoms with van der Waals surface area (Å²) in [5, 5.41) is 0. The zero-order valence-corrected chi connectivity index (χ0v) is 7.61. The van der Waals surface area contributed by atoms with Crippen molar-refractivity contribution in [3.63, 3.8) is 0 Å². The SMILES string of the molecule is CC(=C=O)CCCC=C(C)C. The molecule has 0 aliphatic heterocycles. The Morgan fingerprint density at radius 3 is 2.45 bits per heavy atom. The lowest BCUT2D eigenvalue weighted by molar-refractivity contribution is 0.565. The molecule has 0 aromatic carbocycles.